The van der Waals surface area contributed by atoms with Gasteiger partial charge in [-0.1, -0.05) is 0 Å². The van der Waals surface area contributed by atoms with Crippen LogP contribution in [0.15, 0.2) is 18.2 Å². The second kappa shape index (κ2) is 6.87. The monoisotopic (exact) mass is 306 g/mol. The third kappa shape index (κ3) is 3.62. The summed E-state index contributed by atoms with van der Waals surface area (Å²) < 4.78 is 10.7. The van der Waals surface area contributed by atoms with Gasteiger partial charge < -0.3 is 24.4 Å². The molecule has 1 N–H and O–H groups in total. The number of hydrogen-bond donors (Lipinski definition) is 1. The van der Waals surface area contributed by atoms with Crippen LogP contribution in [-0.4, -0.2) is 55.5 Å². The van der Waals surface area contributed by atoms with Crippen LogP contribution in [0.1, 0.15) is 19.3 Å². The minimum atomic E-state index is -0.771. The summed E-state index contributed by atoms with van der Waals surface area (Å²) in [7, 11) is 0. The lowest BCUT2D eigenvalue weighted by Gasteiger charge is -2.27. The first-order chi connectivity index (χ1) is 10.7. The molecule has 2 aliphatic heterocycles. The van der Waals surface area contributed by atoms with Crippen molar-refractivity contribution in [3.8, 4) is 11.5 Å². The first kappa shape index (κ1) is 15.0. The lowest BCUT2D eigenvalue weighted by atomic mass is 10.2. The molecule has 22 heavy (non-hydrogen) atoms. The number of anilines is 1. The Balaban J connectivity index is 1.67. The summed E-state index contributed by atoms with van der Waals surface area (Å²) in [6.07, 6.45) is 2.66. The molecular weight excluding hydrogens is 284 g/mol. The van der Waals surface area contributed by atoms with E-state index in [1.807, 2.05) is 18.2 Å². The van der Waals surface area contributed by atoms with E-state index in [1.165, 1.54) is 12.8 Å². The molecule has 0 radical (unpaired) electrons. The number of carboxylic acid groups (broad SMARTS) is 1. The van der Waals surface area contributed by atoms with Crippen molar-refractivity contribution in [2.24, 2.45) is 0 Å². The fraction of sp³-hybridized carbons (Fsp3) is 0.562. The van der Waals surface area contributed by atoms with E-state index in [-0.39, 0.29) is 13.2 Å². The summed E-state index contributed by atoms with van der Waals surface area (Å²) >= 11 is 0. The fourth-order valence-electron chi connectivity index (χ4n) is 2.95. The molecule has 6 heteroatoms. The van der Waals surface area contributed by atoms with E-state index in [4.69, 9.17) is 14.6 Å². The largest absolute Gasteiger partial charge is 0.481 e. The molecule has 1 saturated heterocycles. The Kier molecular flexibility index (Phi) is 4.68. The highest BCUT2D eigenvalue weighted by atomic mass is 16.7. The number of ether oxygens (including phenoxy) is 2. The summed E-state index contributed by atoms with van der Waals surface area (Å²) in [6, 6.07) is 5.80. The van der Waals surface area contributed by atoms with Gasteiger partial charge in [0.2, 0.25) is 6.79 Å². The highest BCUT2D eigenvalue weighted by molar-refractivity contribution is 5.68. The van der Waals surface area contributed by atoms with Gasteiger partial charge in [0.1, 0.15) is 0 Å². The lowest BCUT2D eigenvalue weighted by molar-refractivity contribution is -0.136. The van der Waals surface area contributed by atoms with Crippen molar-refractivity contribution in [1.29, 1.82) is 0 Å². The fourth-order valence-corrected chi connectivity index (χ4v) is 2.95. The molecule has 1 aromatic rings. The molecule has 0 aliphatic carbocycles. The molecule has 6 nitrogen and oxygen atoms in total. The Labute approximate surface area is 130 Å². The maximum absolute atomic E-state index is 10.9. The van der Waals surface area contributed by atoms with Gasteiger partial charge in [-0.15, -0.1) is 0 Å². The summed E-state index contributed by atoms with van der Waals surface area (Å²) in [6.45, 7) is 4.84. The van der Waals surface area contributed by atoms with Crippen LogP contribution < -0.4 is 14.4 Å². The Hall–Kier alpha value is -1.95. The zero-order valence-electron chi connectivity index (χ0n) is 12.7. The van der Waals surface area contributed by atoms with E-state index < -0.39 is 5.97 Å². The second-order valence-electron chi connectivity index (χ2n) is 5.72. The van der Waals surface area contributed by atoms with Gasteiger partial charge in [0.05, 0.1) is 6.42 Å². The second-order valence-corrected chi connectivity index (χ2v) is 5.72. The molecule has 0 spiro atoms. The molecular formula is C16H22N2O4. The summed E-state index contributed by atoms with van der Waals surface area (Å²) in [5.41, 5.74) is 0.990. The van der Waals surface area contributed by atoms with Crippen molar-refractivity contribution in [2.45, 2.75) is 19.3 Å². The SMILES string of the molecule is O=C(O)CCN(CCN1CCCC1)c1ccc2c(c1)OCO2. The summed E-state index contributed by atoms with van der Waals surface area (Å²) in [5, 5.41) is 8.96. The number of likely N-dealkylation sites (tertiary alicyclic amines) is 1. The lowest BCUT2D eigenvalue weighted by Crippen LogP contribution is -2.35. The van der Waals surface area contributed by atoms with Crippen molar-refractivity contribution >= 4 is 11.7 Å². The van der Waals surface area contributed by atoms with Gasteiger partial charge in [0.15, 0.2) is 11.5 Å². The molecule has 1 fully saturated rings. The van der Waals surface area contributed by atoms with E-state index >= 15 is 0 Å². The number of carbonyl (C=O) groups is 1. The van der Waals surface area contributed by atoms with Crippen LogP contribution in [0, 0.1) is 0 Å². The van der Waals surface area contributed by atoms with Crippen LogP contribution in [0.2, 0.25) is 0 Å². The van der Waals surface area contributed by atoms with Crippen molar-refractivity contribution in [3.05, 3.63) is 18.2 Å². The molecule has 0 bridgehead atoms. The van der Waals surface area contributed by atoms with E-state index in [9.17, 15) is 4.79 Å². The molecule has 0 saturated carbocycles. The van der Waals surface area contributed by atoms with Gasteiger partial charge in [0.25, 0.3) is 0 Å². The minimum absolute atomic E-state index is 0.133. The van der Waals surface area contributed by atoms with Crippen LogP contribution in [0.4, 0.5) is 5.69 Å². The molecule has 120 valence electrons. The number of carboxylic acids is 1. The van der Waals surface area contributed by atoms with Crippen molar-refractivity contribution < 1.29 is 19.4 Å². The summed E-state index contributed by atoms with van der Waals surface area (Å²) in [4.78, 5) is 15.5. The first-order valence-electron chi connectivity index (χ1n) is 7.81. The number of benzene rings is 1. The maximum Gasteiger partial charge on any atom is 0.305 e. The molecule has 3 rings (SSSR count). The smallest absolute Gasteiger partial charge is 0.305 e. The number of fused-ring (bicyclic) bond motifs is 1. The first-order valence-corrected chi connectivity index (χ1v) is 7.81. The van der Waals surface area contributed by atoms with Crippen LogP contribution in [0.5, 0.6) is 11.5 Å². The number of aliphatic carboxylic acids is 1. The standard InChI is InChI=1S/C16H22N2O4/c19-16(20)5-8-18(10-9-17-6-1-2-7-17)13-3-4-14-15(11-13)22-12-21-14/h3-4,11H,1-2,5-10,12H2,(H,19,20). The predicted molar refractivity (Wildman–Crippen MR) is 82.7 cm³/mol. The van der Waals surface area contributed by atoms with Gasteiger partial charge in [-0.2, -0.15) is 0 Å². The van der Waals surface area contributed by atoms with Gasteiger partial charge >= 0.3 is 5.97 Å². The normalized spacial score (nSPS) is 16.9. The van der Waals surface area contributed by atoms with Crippen molar-refractivity contribution in [2.75, 3.05) is 44.4 Å². The van der Waals surface area contributed by atoms with Gasteiger partial charge in [-0.25, -0.2) is 0 Å². The van der Waals surface area contributed by atoms with Crippen LogP contribution in [0.25, 0.3) is 0 Å². The minimum Gasteiger partial charge on any atom is -0.481 e. The topological polar surface area (TPSA) is 62.2 Å². The van der Waals surface area contributed by atoms with Crippen molar-refractivity contribution in [3.63, 3.8) is 0 Å². The van der Waals surface area contributed by atoms with E-state index in [0.29, 0.717) is 6.54 Å². The average molecular weight is 306 g/mol. The molecule has 2 heterocycles. The number of nitrogens with zero attached hydrogens (tertiary/aromatic N) is 2. The molecule has 2 aliphatic rings. The Morgan fingerprint density at radius 1 is 1.18 bits per heavy atom. The van der Waals surface area contributed by atoms with E-state index in [0.717, 1.165) is 43.4 Å². The van der Waals surface area contributed by atoms with Gasteiger partial charge in [-0.05, 0) is 38.1 Å². The molecule has 1 aromatic carbocycles. The van der Waals surface area contributed by atoms with Gasteiger partial charge in [-0.3, -0.25) is 4.79 Å². The molecule has 0 amide bonds. The molecule has 0 atom stereocenters. The zero-order valence-corrected chi connectivity index (χ0v) is 12.7. The van der Waals surface area contributed by atoms with Crippen molar-refractivity contribution in [1.82, 2.24) is 4.90 Å². The number of hydrogen-bond acceptors (Lipinski definition) is 5. The van der Waals surface area contributed by atoms with Gasteiger partial charge in [0, 0.05) is 31.4 Å². The third-order valence-electron chi connectivity index (χ3n) is 4.20. The molecule has 0 unspecified atom stereocenters. The maximum atomic E-state index is 10.9. The predicted octanol–water partition coefficient (Wildman–Crippen LogP) is 1.79. The third-order valence-corrected chi connectivity index (χ3v) is 4.20. The quantitative estimate of drug-likeness (QED) is 0.829. The van der Waals surface area contributed by atoms with E-state index in [1.54, 1.807) is 0 Å². The number of rotatable bonds is 7. The Morgan fingerprint density at radius 3 is 2.73 bits per heavy atom. The highest BCUT2D eigenvalue weighted by Crippen LogP contribution is 2.35. The zero-order chi connectivity index (χ0) is 15.4. The Morgan fingerprint density at radius 2 is 1.95 bits per heavy atom. The van der Waals surface area contributed by atoms with Crippen LogP contribution in [-0.2, 0) is 4.79 Å². The Bertz CT molecular complexity index is 529. The molecule has 0 aromatic heterocycles. The summed E-state index contributed by atoms with van der Waals surface area (Å²) in [5.74, 6) is 0.715. The van der Waals surface area contributed by atoms with Crippen LogP contribution >= 0.6 is 0 Å². The average Bonchev–Trinajstić information content (AvgIpc) is 3.17. The highest BCUT2D eigenvalue weighted by Gasteiger charge is 2.18. The van der Waals surface area contributed by atoms with Crippen LogP contribution in [0.3, 0.4) is 0 Å². The van der Waals surface area contributed by atoms with E-state index in [2.05, 4.69) is 9.80 Å².